The first-order valence-electron chi connectivity index (χ1n) is 5.00. The molecule has 0 saturated carbocycles. The van der Waals surface area contributed by atoms with E-state index in [9.17, 15) is 13.2 Å². The molecule has 2 rings (SSSR count). The van der Waals surface area contributed by atoms with Crippen molar-refractivity contribution < 1.29 is 13.2 Å². The zero-order chi connectivity index (χ0) is 12.7. The number of halogens is 3. The molecule has 1 aromatic carbocycles. The maximum atomic E-state index is 12.6. The summed E-state index contributed by atoms with van der Waals surface area (Å²) in [6.07, 6.45) is -2.37. The van der Waals surface area contributed by atoms with Crippen LogP contribution in [-0.4, -0.2) is 11.8 Å². The molecule has 17 heavy (non-hydrogen) atoms. The van der Waals surface area contributed by atoms with Gasteiger partial charge in [0.15, 0.2) is 0 Å². The monoisotopic (exact) mass is 243 g/mol. The molecule has 0 radical (unpaired) electrons. The maximum Gasteiger partial charge on any atom is 0.425 e. The highest BCUT2D eigenvalue weighted by atomic mass is 19.4. The van der Waals surface area contributed by atoms with Gasteiger partial charge in [0.1, 0.15) is 0 Å². The normalized spacial score (nSPS) is 24.4. The van der Waals surface area contributed by atoms with E-state index in [1.54, 1.807) is 12.1 Å². The molecule has 1 aliphatic rings. The third-order valence-corrected chi connectivity index (χ3v) is 2.57. The van der Waals surface area contributed by atoms with E-state index in [-0.39, 0.29) is 0 Å². The lowest BCUT2D eigenvalue weighted by molar-refractivity contribution is -0.178. The molecule has 3 N–H and O–H groups in total. The standard InChI is InChI=1S/C11H12F3N3/c1-8-2-4-9(5-3-8)17-7-6-10(15,16-17)11(12,13)14/h2-7,16H,15H2,1H3. The van der Waals surface area contributed by atoms with E-state index < -0.39 is 11.8 Å². The number of anilines is 1. The summed E-state index contributed by atoms with van der Waals surface area (Å²) in [5.41, 5.74) is 6.58. The average Bonchev–Trinajstić information content (AvgIpc) is 2.63. The minimum atomic E-state index is -4.54. The van der Waals surface area contributed by atoms with E-state index in [1.165, 1.54) is 11.2 Å². The summed E-state index contributed by atoms with van der Waals surface area (Å²) < 4.78 is 37.9. The van der Waals surface area contributed by atoms with E-state index in [2.05, 4.69) is 5.43 Å². The number of benzene rings is 1. The number of aryl methyl sites for hydroxylation is 1. The van der Waals surface area contributed by atoms with Gasteiger partial charge in [0, 0.05) is 6.20 Å². The second-order valence-corrected chi connectivity index (χ2v) is 4.00. The Morgan fingerprint density at radius 2 is 1.82 bits per heavy atom. The van der Waals surface area contributed by atoms with Crippen LogP contribution in [0.4, 0.5) is 18.9 Å². The van der Waals surface area contributed by atoms with Crippen LogP contribution >= 0.6 is 0 Å². The zero-order valence-electron chi connectivity index (χ0n) is 9.12. The lowest BCUT2D eigenvalue weighted by Crippen LogP contribution is -2.63. The Morgan fingerprint density at radius 3 is 2.29 bits per heavy atom. The Labute approximate surface area is 96.7 Å². The van der Waals surface area contributed by atoms with E-state index in [0.717, 1.165) is 11.6 Å². The van der Waals surface area contributed by atoms with Crippen LogP contribution in [0.3, 0.4) is 0 Å². The average molecular weight is 243 g/mol. The third kappa shape index (κ3) is 2.13. The summed E-state index contributed by atoms with van der Waals surface area (Å²) in [5, 5.41) is 1.26. The fraction of sp³-hybridized carbons (Fsp3) is 0.273. The van der Waals surface area contributed by atoms with Crippen molar-refractivity contribution in [1.29, 1.82) is 0 Å². The summed E-state index contributed by atoms with van der Waals surface area (Å²) in [5.74, 6) is 0. The first kappa shape index (κ1) is 11.9. The third-order valence-electron chi connectivity index (χ3n) is 2.57. The number of nitrogens with one attached hydrogen (secondary N) is 1. The molecule has 0 aromatic heterocycles. The molecule has 0 saturated heterocycles. The van der Waals surface area contributed by atoms with Gasteiger partial charge in [-0.05, 0) is 25.1 Å². The van der Waals surface area contributed by atoms with Crippen LogP contribution in [0.25, 0.3) is 0 Å². The van der Waals surface area contributed by atoms with Crippen LogP contribution in [-0.2, 0) is 0 Å². The Hall–Kier alpha value is -1.53. The Balaban J connectivity index is 2.19. The van der Waals surface area contributed by atoms with Crippen LogP contribution in [0, 0.1) is 6.92 Å². The number of rotatable bonds is 1. The summed E-state index contributed by atoms with van der Waals surface area (Å²) in [7, 11) is 0. The number of alkyl halides is 3. The summed E-state index contributed by atoms with van der Waals surface area (Å²) in [6, 6.07) is 7.06. The Kier molecular flexibility index (Phi) is 2.63. The second-order valence-electron chi connectivity index (χ2n) is 4.00. The molecule has 1 aromatic rings. The van der Waals surface area contributed by atoms with E-state index >= 15 is 0 Å². The molecule has 0 amide bonds. The Bertz CT molecular complexity index is 438. The molecule has 0 spiro atoms. The molecule has 3 nitrogen and oxygen atoms in total. The van der Waals surface area contributed by atoms with Gasteiger partial charge in [0.2, 0.25) is 5.66 Å². The largest absolute Gasteiger partial charge is 0.425 e. The van der Waals surface area contributed by atoms with Crippen molar-refractivity contribution in [2.45, 2.75) is 18.8 Å². The maximum absolute atomic E-state index is 12.6. The van der Waals surface area contributed by atoms with Crippen molar-refractivity contribution in [3.8, 4) is 0 Å². The molecule has 0 fully saturated rings. The molecule has 1 aliphatic heterocycles. The molecular formula is C11H12F3N3. The molecule has 0 bridgehead atoms. The number of hydrazine groups is 1. The van der Waals surface area contributed by atoms with Crippen molar-refractivity contribution in [3.05, 3.63) is 42.1 Å². The van der Waals surface area contributed by atoms with Crippen LogP contribution in [0.1, 0.15) is 5.56 Å². The van der Waals surface area contributed by atoms with Crippen molar-refractivity contribution in [3.63, 3.8) is 0 Å². The summed E-state index contributed by atoms with van der Waals surface area (Å²) >= 11 is 0. The van der Waals surface area contributed by atoms with E-state index in [0.29, 0.717) is 5.69 Å². The fourth-order valence-electron chi connectivity index (χ4n) is 1.48. The fourth-order valence-corrected chi connectivity index (χ4v) is 1.48. The SMILES string of the molecule is Cc1ccc(N2C=CC(N)(C(F)(F)F)N2)cc1. The quantitative estimate of drug-likeness (QED) is 0.793. The minimum absolute atomic E-state index is 0.600. The number of nitrogens with two attached hydrogens (primary N) is 1. The molecule has 1 heterocycles. The van der Waals surface area contributed by atoms with Gasteiger partial charge >= 0.3 is 6.18 Å². The predicted octanol–water partition coefficient (Wildman–Crippen LogP) is 2.05. The number of hydrogen-bond donors (Lipinski definition) is 2. The van der Waals surface area contributed by atoms with Gasteiger partial charge in [-0.25, -0.2) is 0 Å². The van der Waals surface area contributed by atoms with Crippen molar-refractivity contribution >= 4 is 5.69 Å². The van der Waals surface area contributed by atoms with Gasteiger partial charge < -0.3 is 5.73 Å². The van der Waals surface area contributed by atoms with E-state index in [4.69, 9.17) is 5.73 Å². The molecule has 0 aliphatic carbocycles. The predicted molar refractivity (Wildman–Crippen MR) is 58.9 cm³/mol. The summed E-state index contributed by atoms with van der Waals surface area (Å²) in [6.45, 7) is 1.90. The van der Waals surface area contributed by atoms with Crippen molar-refractivity contribution in [1.82, 2.24) is 5.43 Å². The van der Waals surface area contributed by atoms with Crippen LogP contribution in [0.15, 0.2) is 36.5 Å². The van der Waals surface area contributed by atoms with Crippen LogP contribution < -0.4 is 16.2 Å². The molecule has 92 valence electrons. The highest BCUT2D eigenvalue weighted by Crippen LogP contribution is 2.31. The second kappa shape index (κ2) is 3.75. The van der Waals surface area contributed by atoms with Gasteiger partial charge in [0.25, 0.3) is 0 Å². The molecule has 1 unspecified atom stereocenters. The highest BCUT2D eigenvalue weighted by Gasteiger charge is 2.53. The molecule has 1 atom stereocenters. The smallest absolute Gasteiger partial charge is 0.301 e. The van der Waals surface area contributed by atoms with Crippen LogP contribution in [0.5, 0.6) is 0 Å². The van der Waals surface area contributed by atoms with Crippen molar-refractivity contribution in [2.24, 2.45) is 5.73 Å². The van der Waals surface area contributed by atoms with Gasteiger partial charge in [-0.2, -0.15) is 18.6 Å². The Morgan fingerprint density at radius 1 is 1.24 bits per heavy atom. The lowest BCUT2D eigenvalue weighted by Gasteiger charge is -2.29. The first-order chi connectivity index (χ1) is 7.82. The highest BCUT2D eigenvalue weighted by molar-refractivity contribution is 5.51. The molecule has 6 heteroatoms. The molecular weight excluding hydrogens is 231 g/mol. The zero-order valence-corrected chi connectivity index (χ0v) is 9.12. The topological polar surface area (TPSA) is 41.3 Å². The first-order valence-corrected chi connectivity index (χ1v) is 5.00. The van der Waals surface area contributed by atoms with Gasteiger partial charge in [-0.1, -0.05) is 17.7 Å². The van der Waals surface area contributed by atoms with E-state index in [1.807, 2.05) is 19.1 Å². The summed E-state index contributed by atoms with van der Waals surface area (Å²) in [4.78, 5) is 0. The minimum Gasteiger partial charge on any atom is -0.301 e. The van der Waals surface area contributed by atoms with Crippen molar-refractivity contribution in [2.75, 3.05) is 5.01 Å². The lowest BCUT2D eigenvalue weighted by atomic mass is 10.2. The van der Waals surface area contributed by atoms with Gasteiger partial charge in [0.05, 0.1) is 5.69 Å². The number of hydrogen-bond acceptors (Lipinski definition) is 3. The number of nitrogens with zero attached hydrogens (tertiary/aromatic N) is 1. The van der Waals surface area contributed by atoms with Gasteiger partial charge in [-0.15, -0.1) is 0 Å². The van der Waals surface area contributed by atoms with Gasteiger partial charge in [-0.3, -0.25) is 5.01 Å². The van der Waals surface area contributed by atoms with Crippen LogP contribution in [0.2, 0.25) is 0 Å².